The summed E-state index contributed by atoms with van der Waals surface area (Å²) in [6.45, 7) is 0. The van der Waals surface area contributed by atoms with Crippen molar-refractivity contribution in [3.05, 3.63) is 182 Å². The Morgan fingerprint density at radius 3 is 1.68 bits per heavy atom. The molecule has 4 aromatic heterocycles. The van der Waals surface area contributed by atoms with Crippen molar-refractivity contribution in [1.29, 1.82) is 0 Å². The summed E-state index contributed by atoms with van der Waals surface area (Å²) < 4.78 is 11.1. The van der Waals surface area contributed by atoms with Crippen molar-refractivity contribution in [3.8, 4) is 39.9 Å². The molecule has 4 heterocycles. The Morgan fingerprint density at radius 1 is 0.373 bits per heavy atom. The molecule has 13 aromatic rings. The van der Waals surface area contributed by atoms with Crippen LogP contribution in [0.25, 0.3) is 125 Å². The van der Waals surface area contributed by atoms with E-state index >= 15 is 0 Å². The molecule has 0 aliphatic carbocycles. The molecule has 0 aliphatic rings. The van der Waals surface area contributed by atoms with E-state index in [2.05, 4.69) is 126 Å². The van der Waals surface area contributed by atoms with Crippen molar-refractivity contribution in [2.75, 3.05) is 0 Å². The summed E-state index contributed by atoms with van der Waals surface area (Å²) in [6, 6.07) is 64.5. The number of benzene rings is 9. The van der Waals surface area contributed by atoms with Crippen LogP contribution in [0, 0.1) is 0 Å². The largest absolute Gasteiger partial charge is 0.456 e. The highest BCUT2D eigenvalue weighted by molar-refractivity contribution is 7.26. The highest BCUT2D eigenvalue weighted by Crippen LogP contribution is 2.45. The normalized spacial score (nSPS) is 12.1. The SMILES string of the molecule is c1ccc(-c2nc(-c3ccc4c(c3)sc3cccc(-n5c6c7ccccc7ccc6c6ccc7ccccc7c65)c34)nc(-c3ccc4oc5ccccc5c4c3)n2)cc1. The van der Waals surface area contributed by atoms with E-state index in [4.69, 9.17) is 19.4 Å². The maximum Gasteiger partial charge on any atom is 0.164 e. The number of rotatable bonds is 4. The summed E-state index contributed by atoms with van der Waals surface area (Å²) >= 11 is 1.81. The van der Waals surface area contributed by atoms with Crippen LogP contribution < -0.4 is 0 Å². The van der Waals surface area contributed by atoms with E-state index in [9.17, 15) is 0 Å². The number of aromatic nitrogens is 4. The summed E-state index contributed by atoms with van der Waals surface area (Å²) in [5, 5.41) is 12.0. The number of hydrogen-bond donors (Lipinski definition) is 0. The molecule has 0 amide bonds. The molecule has 9 aromatic carbocycles. The first-order valence-electron chi connectivity index (χ1n) is 19.8. The molecule has 0 aliphatic heterocycles. The summed E-state index contributed by atoms with van der Waals surface area (Å²) in [5.41, 5.74) is 8.11. The topological polar surface area (TPSA) is 56.7 Å². The van der Waals surface area contributed by atoms with Crippen molar-refractivity contribution >= 4 is 96.8 Å². The Hall–Kier alpha value is -7.67. The molecule has 0 spiro atoms. The lowest BCUT2D eigenvalue weighted by molar-refractivity contribution is 0.669. The van der Waals surface area contributed by atoms with Gasteiger partial charge in [0, 0.05) is 69.2 Å². The number of hydrogen-bond acceptors (Lipinski definition) is 5. The lowest BCUT2D eigenvalue weighted by Gasteiger charge is -2.13. The van der Waals surface area contributed by atoms with E-state index in [0.29, 0.717) is 17.5 Å². The monoisotopic (exact) mass is 770 g/mol. The second kappa shape index (κ2) is 12.4. The average molecular weight is 771 g/mol. The first kappa shape index (κ1) is 32.4. The van der Waals surface area contributed by atoms with Gasteiger partial charge in [0.1, 0.15) is 11.2 Å². The maximum atomic E-state index is 6.15. The standard InChI is InChI=1S/C53H30N4OS/c1-2-13-33(14-3-1)51-54-52(34-24-28-45-42(29-34)38-17-8-9-19-44(38)58-45)56-53(55-51)35-23-27-41-47(30-35)59-46-20-10-18-43(48(41)46)57-49-36-15-6-4-11-31(36)21-25-39(49)40-26-22-32-12-5-7-16-37(32)50(40)57/h1-30H. The van der Waals surface area contributed by atoms with Crippen LogP contribution in [-0.4, -0.2) is 19.5 Å². The number of nitrogens with zero attached hydrogens (tertiary/aromatic N) is 4. The van der Waals surface area contributed by atoms with Gasteiger partial charge in [0.05, 0.1) is 16.7 Å². The Labute approximate surface area is 341 Å². The Kier molecular flexibility index (Phi) is 6.82. The van der Waals surface area contributed by atoms with E-state index in [1.54, 1.807) is 0 Å². The van der Waals surface area contributed by atoms with Crippen LogP contribution in [0.2, 0.25) is 0 Å². The van der Waals surface area contributed by atoms with Crippen LogP contribution in [0.15, 0.2) is 186 Å². The molecular weight excluding hydrogens is 741 g/mol. The van der Waals surface area contributed by atoms with Crippen LogP contribution in [0.4, 0.5) is 0 Å². The van der Waals surface area contributed by atoms with Gasteiger partial charge in [-0.05, 0) is 53.2 Å². The number of fused-ring (bicyclic) bond motifs is 13. The van der Waals surface area contributed by atoms with Gasteiger partial charge in [-0.1, -0.05) is 140 Å². The molecule has 0 saturated heterocycles. The molecule has 0 N–H and O–H groups in total. The lowest BCUT2D eigenvalue weighted by atomic mass is 10.0. The van der Waals surface area contributed by atoms with Crippen LogP contribution >= 0.6 is 11.3 Å². The first-order chi connectivity index (χ1) is 29.2. The van der Waals surface area contributed by atoms with Gasteiger partial charge < -0.3 is 8.98 Å². The highest BCUT2D eigenvalue weighted by Gasteiger charge is 2.21. The first-order valence-corrected chi connectivity index (χ1v) is 20.6. The minimum absolute atomic E-state index is 0.616. The summed E-state index contributed by atoms with van der Waals surface area (Å²) in [7, 11) is 0. The van der Waals surface area contributed by atoms with Crippen molar-refractivity contribution in [2.45, 2.75) is 0 Å². The van der Waals surface area contributed by atoms with Crippen LogP contribution in [0.1, 0.15) is 0 Å². The predicted molar refractivity (Wildman–Crippen MR) is 246 cm³/mol. The molecule has 59 heavy (non-hydrogen) atoms. The maximum absolute atomic E-state index is 6.15. The van der Waals surface area contributed by atoms with Gasteiger partial charge in [-0.25, -0.2) is 15.0 Å². The van der Waals surface area contributed by atoms with E-state index in [1.165, 1.54) is 69.2 Å². The van der Waals surface area contributed by atoms with E-state index in [-0.39, 0.29) is 0 Å². The van der Waals surface area contributed by atoms with Crippen molar-refractivity contribution in [3.63, 3.8) is 0 Å². The minimum Gasteiger partial charge on any atom is -0.456 e. The molecule has 0 saturated carbocycles. The fourth-order valence-electron chi connectivity index (χ4n) is 9.13. The number of thiophene rings is 1. The number of para-hydroxylation sites is 1. The van der Waals surface area contributed by atoms with Gasteiger partial charge in [-0.3, -0.25) is 0 Å². The molecule has 13 rings (SSSR count). The lowest BCUT2D eigenvalue weighted by Crippen LogP contribution is -2.00. The van der Waals surface area contributed by atoms with Gasteiger partial charge in [-0.2, -0.15) is 0 Å². The molecule has 0 unspecified atom stereocenters. The van der Waals surface area contributed by atoms with E-state index in [1.807, 2.05) is 72.0 Å². The van der Waals surface area contributed by atoms with Gasteiger partial charge in [0.15, 0.2) is 17.5 Å². The Morgan fingerprint density at radius 2 is 0.949 bits per heavy atom. The third-order valence-corrected chi connectivity index (χ3v) is 12.9. The van der Waals surface area contributed by atoms with Crippen LogP contribution in [-0.2, 0) is 0 Å². The van der Waals surface area contributed by atoms with Gasteiger partial charge in [0.25, 0.3) is 0 Å². The third-order valence-electron chi connectivity index (χ3n) is 11.8. The minimum atomic E-state index is 0.616. The molecule has 0 bridgehead atoms. The van der Waals surface area contributed by atoms with Crippen molar-refractivity contribution in [1.82, 2.24) is 19.5 Å². The van der Waals surface area contributed by atoms with Crippen molar-refractivity contribution < 1.29 is 4.42 Å². The van der Waals surface area contributed by atoms with Gasteiger partial charge >= 0.3 is 0 Å². The fraction of sp³-hybridized carbons (Fsp3) is 0. The molecule has 6 heteroatoms. The summed E-state index contributed by atoms with van der Waals surface area (Å²) in [5.74, 6) is 1.88. The second-order valence-corrected chi connectivity index (χ2v) is 16.2. The Balaban J connectivity index is 1.04. The zero-order valence-electron chi connectivity index (χ0n) is 31.4. The molecular formula is C53H30N4OS. The van der Waals surface area contributed by atoms with Gasteiger partial charge in [0.2, 0.25) is 0 Å². The average Bonchev–Trinajstić information content (AvgIpc) is 3.98. The third kappa shape index (κ3) is 4.87. The molecule has 0 atom stereocenters. The summed E-state index contributed by atoms with van der Waals surface area (Å²) in [4.78, 5) is 15.3. The van der Waals surface area contributed by atoms with Gasteiger partial charge in [-0.15, -0.1) is 11.3 Å². The molecule has 0 fully saturated rings. The zero-order chi connectivity index (χ0) is 38.6. The highest BCUT2D eigenvalue weighted by atomic mass is 32.1. The van der Waals surface area contributed by atoms with Crippen molar-refractivity contribution in [2.24, 2.45) is 0 Å². The Bertz CT molecular complexity index is 3770. The fourth-order valence-corrected chi connectivity index (χ4v) is 10.3. The molecule has 5 nitrogen and oxygen atoms in total. The van der Waals surface area contributed by atoms with Crippen LogP contribution in [0.3, 0.4) is 0 Å². The second-order valence-electron chi connectivity index (χ2n) is 15.1. The predicted octanol–water partition coefficient (Wildman–Crippen LogP) is 14.5. The quantitative estimate of drug-likeness (QED) is 0.179. The smallest absolute Gasteiger partial charge is 0.164 e. The van der Waals surface area contributed by atoms with Crippen LogP contribution in [0.5, 0.6) is 0 Å². The summed E-state index contributed by atoms with van der Waals surface area (Å²) in [6.07, 6.45) is 0. The molecule has 274 valence electrons. The van der Waals surface area contributed by atoms with E-state index in [0.717, 1.165) is 38.6 Å². The molecule has 0 radical (unpaired) electrons. The number of furan rings is 1. The van der Waals surface area contributed by atoms with E-state index < -0.39 is 0 Å². The zero-order valence-corrected chi connectivity index (χ0v) is 32.2.